The number of carbonyl (C=O) groups is 2. The Labute approximate surface area is 109 Å². The molecule has 0 rings (SSSR count). The van der Waals surface area contributed by atoms with Gasteiger partial charge in [0.05, 0.1) is 7.11 Å². The van der Waals surface area contributed by atoms with E-state index < -0.39 is 23.1 Å². The molecule has 0 spiro atoms. The molecule has 0 aromatic heterocycles. The highest BCUT2D eigenvalue weighted by atomic mass is 16.6. The lowest BCUT2D eigenvalue weighted by atomic mass is 9.91. The van der Waals surface area contributed by atoms with Crippen LogP contribution in [0.25, 0.3) is 0 Å². The minimum absolute atomic E-state index is 0.215. The van der Waals surface area contributed by atoms with E-state index in [1.54, 1.807) is 20.8 Å². The first-order chi connectivity index (χ1) is 8.03. The second-order valence-corrected chi connectivity index (χ2v) is 5.90. The Morgan fingerprint density at radius 3 is 2.00 bits per heavy atom. The molecule has 0 aliphatic heterocycles. The summed E-state index contributed by atoms with van der Waals surface area (Å²) in [6.07, 6.45) is 0.858. The molecule has 0 radical (unpaired) electrons. The molecule has 0 fully saturated rings. The highest BCUT2D eigenvalue weighted by Crippen LogP contribution is 2.21. The van der Waals surface area contributed by atoms with Gasteiger partial charge in [0.25, 0.3) is 0 Å². The summed E-state index contributed by atoms with van der Waals surface area (Å²) in [5.74, 6) is -1.15. The zero-order valence-electron chi connectivity index (χ0n) is 12.2. The molecule has 0 amide bonds. The van der Waals surface area contributed by atoms with E-state index in [1.165, 1.54) is 7.11 Å². The van der Waals surface area contributed by atoms with Gasteiger partial charge in [-0.3, -0.25) is 0 Å². The Balaban J connectivity index is 4.97. The number of methoxy groups -OCH3 is 1. The van der Waals surface area contributed by atoms with Crippen LogP contribution in [-0.4, -0.2) is 30.2 Å². The molecule has 5 nitrogen and oxygen atoms in total. The predicted octanol–water partition coefficient (Wildman–Crippen LogP) is 1.63. The average molecular weight is 259 g/mol. The standard InChI is InChI=1S/C13H25NO4/c1-9(2)7-8-13(14,10(15)17-6)11(16)18-12(3,4)5/h9H,7-8,14H2,1-6H3/t13-/m0/s1. The van der Waals surface area contributed by atoms with E-state index in [2.05, 4.69) is 4.74 Å². The summed E-state index contributed by atoms with van der Waals surface area (Å²) in [5, 5.41) is 0. The van der Waals surface area contributed by atoms with E-state index in [0.717, 1.165) is 0 Å². The molecule has 0 unspecified atom stereocenters. The maximum absolute atomic E-state index is 12.0. The van der Waals surface area contributed by atoms with Crippen molar-refractivity contribution in [3.05, 3.63) is 0 Å². The number of carbonyl (C=O) groups excluding carboxylic acids is 2. The third-order valence-electron chi connectivity index (χ3n) is 2.43. The first-order valence-electron chi connectivity index (χ1n) is 6.13. The van der Waals surface area contributed by atoms with Crippen molar-refractivity contribution in [3.8, 4) is 0 Å². The van der Waals surface area contributed by atoms with E-state index >= 15 is 0 Å². The SMILES string of the molecule is COC(=O)[C@@](N)(CCC(C)C)C(=O)OC(C)(C)C. The van der Waals surface area contributed by atoms with Crippen LogP contribution < -0.4 is 5.73 Å². The van der Waals surface area contributed by atoms with Gasteiger partial charge >= 0.3 is 11.9 Å². The summed E-state index contributed by atoms with van der Waals surface area (Å²) < 4.78 is 9.81. The van der Waals surface area contributed by atoms with Crippen LogP contribution in [0.1, 0.15) is 47.5 Å². The van der Waals surface area contributed by atoms with Crippen molar-refractivity contribution in [1.82, 2.24) is 0 Å². The van der Waals surface area contributed by atoms with Gasteiger partial charge in [0.15, 0.2) is 0 Å². The van der Waals surface area contributed by atoms with Crippen LogP contribution in [0.2, 0.25) is 0 Å². The fourth-order valence-electron chi connectivity index (χ4n) is 1.36. The summed E-state index contributed by atoms with van der Waals surface area (Å²) in [7, 11) is 1.21. The van der Waals surface area contributed by atoms with Gasteiger partial charge in [-0.2, -0.15) is 0 Å². The Kier molecular flexibility index (Phi) is 5.80. The minimum Gasteiger partial charge on any atom is -0.467 e. The van der Waals surface area contributed by atoms with Crippen molar-refractivity contribution in [2.75, 3.05) is 7.11 Å². The highest BCUT2D eigenvalue weighted by Gasteiger charge is 2.46. The molecule has 0 aliphatic carbocycles. The lowest BCUT2D eigenvalue weighted by molar-refractivity contribution is -0.171. The summed E-state index contributed by atoms with van der Waals surface area (Å²) in [6, 6.07) is 0. The highest BCUT2D eigenvalue weighted by molar-refractivity contribution is 6.04. The van der Waals surface area contributed by atoms with Crippen LogP contribution >= 0.6 is 0 Å². The normalized spacial score (nSPS) is 15.1. The molecule has 5 heteroatoms. The van der Waals surface area contributed by atoms with Crippen LogP contribution in [0, 0.1) is 5.92 Å². The molecule has 1 atom stereocenters. The maximum Gasteiger partial charge on any atom is 0.338 e. The van der Waals surface area contributed by atoms with Gasteiger partial charge in [0.1, 0.15) is 5.60 Å². The Bertz CT molecular complexity index is 307. The molecule has 0 aromatic carbocycles. The third kappa shape index (κ3) is 5.04. The van der Waals surface area contributed by atoms with E-state index in [9.17, 15) is 9.59 Å². The molecule has 0 bridgehead atoms. The third-order valence-corrected chi connectivity index (χ3v) is 2.43. The Hall–Kier alpha value is -1.10. The molecule has 2 N–H and O–H groups in total. The van der Waals surface area contributed by atoms with Crippen LogP contribution in [0.3, 0.4) is 0 Å². The van der Waals surface area contributed by atoms with E-state index in [1.807, 2.05) is 13.8 Å². The molecule has 0 aromatic rings. The summed E-state index contributed by atoms with van der Waals surface area (Å²) >= 11 is 0. The quantitative estimate of drug-likeness (QED) is 0.599. The van der Waals surface area contributed by atoms with Gasteiger partial charge in [0, 0.05) is 0 Å². The van der Waals surface area contributed by atoms with Gasteiger partial charge in [-0.1, -0.05) is 13.8 Å². The summed E-state index contributed by atoms with van der Waals surface area (Å²) in [5.41, 5.74) is 3.50. The zero-order chi connectivity index (χ0) is 14.6. The van der Waals surface area contributed by atoms with E-state index in [0.29, 0.717) is 12.3 Å². The fourth-order valence-corrected chi connectivity index (χ4v) is 1.36. The molecule has 18 heavy (non-hydrogen) atoms. The lowest BCUT2D eigenvalue weighted by Gasteiger charge is -2.29. The second-order valence-electron chi connectivity index (χ2n) is 5.90. The van der Waals surface area contributed by atoms with Crippen molar-refractivity contribution >= 4 is 11.9 Å². The van der Waals surface area contributed by atoms with Gasteiger partial charge in [-0.25, -0.2) is 9.59 Å². The monoisotopic (exact) mass is 259 g/mol. The number of rotatable bonds is 5. The van der Waals surface area contributed by atoms with E-state index in [4.69, 9.17) is 10.5 Å². The predicted molar refractivity (Wildman–Crippen MR) is 68.9 cm³/mol. The largest absolute Gasteiger partial charge is 0.467 e. The summed E-state index contributed by atoms with van der Waals surface area (Å²) in [4.78, 5) is 23.8. The average Bonchev–Trinajstić information content (AvgIpc) is 2.22. The van der Waals surface area contributed by atoms with Crippen molar-refractivity contribution in [1.29, 1.82) is 0 Å². The lowest BCUT2D eigenvalue weighted by Crippen LogP contribution is -2.57. The summed E-state index contributed by atoms with van der Waals surface area (Å²) in [6.45, 7) is 9.17. The smallest absolute Gasteiger partial charge is 0.338 e. The van der Waals surface area contributed by atoms with Gasteiger partial charge in [0.2, 0.25) is 5.54 Å². The minimum atomic E-state index is -1.72. The van der Waals surface area contributed by atoms with Crippen LogP contribution in [0.15, 0.2) is 0 Å². The van der Waals surface area contributed by atoms with Crippen LogP contribution in [0.5, 0.6) is 0 Å². The van der Waals surface area contributed by atoms with Crippen LogP contribution in [0.4, 0.5) is 0 Å². The molecule has 0 heterocycles. The molecular formula is C13H25NO4. The van der Waals surface area contributed by atoms with Gasteiger partial charge < -0.3 is 15.2 Å². The van der Waals surface area contributed by atoms with Crippen molar-refractivity contribution in [2.45, 2.75) is 58.6 Å². The second kappa shape index (κ2) is 6.18. The molecule has 106 valence electrons. The zero-order valence-corrected chi connectivity index (χ0v) is 12.2. The van der Waals surface area contributed by atoms with Gasteiger partial charge in [-0.15, -0.1) is 0 Å². The Morgan fingerprint density at radius 2 is 1.67 bits per heavy atom. The van der Waals surface area contributed by atoms with E-state index in [-0.39, 0.29) is 6.42 Å². The topological polar surface area (TPSA) is 78.6 Å². The molecular weight excluding hydrogens is 234 g/mol. The maximum atomic E-state index is 12.0. The number of hydrogen-bond acceptors (Lipinski definition) is 5. The fraction of sp³-hybridized carbons (Fsp3) is 0.846. The van der Waals surface area contributed by atoms with Crippen LogP contribution in [-0.2, 0) is 19.1 Å². The van der Waals surface area contributed by atoms with Crippen molar-refractivity contribution in [2.24, 2.45) is 11.7 Å². The van der Waals surface area contributed by atoms with Crippen molar-refractivity contribution in [3.63, 3.8) is 0 Å². The number of ether oxygens (including phenoxy) is 2. The first kappa shape index (κ1) is 16.9. The first-order valence-corrected chi connectivity index (χ1v) is 6.13. The number of hydrogen-bond donors (Lipinski definition) is 1. The molecule has 0 saturated carbocycles. The Morgan fingerprint density at radius 1 is 1.17 bits per heavy atom. The van der Waals surface area contributed by atoms with Gasteiger partial charge in [-0.05, 0) is 39.5 Å². The molecule has 0 aliphatic rings. The number of nitrogens with two attached hydrogens (primary N) is 1. The molecule has 0 saturated heterocycles. The number of esters is 2. The van der Waals surface area contributed by atoms with Crippen molar-refractivity contribution < 1.29 is 19.1 Å².